The Bertz CT molecular complexity index is 930. The maximum atomic E-state index is 13.1. The maximum Gasteiger partial charge on any atom is 0.231 e. The van der Waals surface area contributed by atoms with E-state index in [1.165, 1.54) is 55.4 Å². The Morgan fingerprint density at radius 1 is 0.583 bits per heavy atom. The summed E-state index contributed by atoms with van der Waals surface area (Å²) in [6, 6.07) is 0. The van der Waals surface area contributed by atoms with Crippen LogP contribution in [0.4, 0.5) is 0 Å². The number of aliphatic hydroxyl groups is 2. The summed E-state index contributed by atoms with van der Waals surface area (Å²) >= 11 is 0. The fourth-order valence-electron chi connectivity index (χ4n) is 5.54. The molecule has 0 bridgehead atoms. The van der Waals surface area contributed by atoms with Gasteiger partial charge in [-0.15, -0.1) is 0 Å². The molecule has 2 unspecified atom stereocenters. The number of Topliss-reactive ketones (excluding diaryl/α,β-unsaturated/α-hetero) is 4. The fraction of sp³-hybridized carbons (Fsp3) is 0.833. The first-order valence-electron chi connectivity index (χ1n) is 11.8. The molecule has 0 aromatic rings. The van der Waals surface area contributed by atoms with E-state index >= 15 is 0 Å². The number of carbonyl (C=O) groups is 4. The van der Waals surface area contributed by atoms with E-state index in [9.17, 15) is 29.4 Å². The minimum Gasteiger partial charge on any atom is -0.361 e. The van der Waals surface area contributed by atoms with Crippen molar-refractivity contribution in [2.75, 3.05) is 0 Å². The predicted molar refractivity (Wildman–Crippen MR) is 117 cm³/mol. The molecule has 2 N–H and O–H groups in total. The van der Waals surface area contributed by atoms with Crippen LogP contribution in [0.1, 0.15) is 81.1 Å². The third-order valence-electron chi connectivity index (χ3n) is 7.98. The van der Waals surface area contributed by atoms with Gasteiger partial charge in [0, 0.05) is 32.6 Å². The molecule has 4 saturated heterocycles. The first-order chi connectivity index (χ1) is 16.1. The normalized spacial score (nSPS) is 51.7. The Hall–Kier alpha value is -1.64. The monoisotopic (exact) mass is 514 g/mol. The Balaban J connectivity index is 1.42. The number of fused-ring (bicyclic) bond motifs is 2. The van der Waals surface area contributed by atoms with Crippen LogP contribution in [0.3, 0.4) is 0 Å². The van der Waals surface area contributed by atoms with Gasteiger partial charge < -0.3 is 38.6 Å². The first kappa shape index (κ1) is 27.4. The van der Waals surface area contributed by atoms with Crippen LogP contribution in [-0.4, -0.2) is 79.3 Å². The molecule has 4 heterocycles. The lowest BCUT2D eigenvalue weighted by molar-refractivity contribution is -0.272. The second-order valence-electron chi connectivity index (χ2n) is 11.2. The van der Waals surface area contributed by atoms with Crippen molar-refractivity contribution >= 4 is 23.1 Å². The highest BCUT2D eigenvalue weighted by molar-refractivity contribution is 5.94. The molecular formula is C24H34O12. The van der Waals surface area contributed by atoms with Crippen molar-refractivity contribution in [1.82, 2.24) is 0 Å². The van der Waals surface area contributed by atoms with E-state index in [0.717, 1.165) is 0 Å². The largest absolute Gasteiger partial charge is 0.361 e. The van der Waals surface area contributed by atoms with Gasteiger partial charge in [0.15, 0.2) is 23.1 Å². The Labute approximate surface area is 208 Å². The zero-order valence-corrected chi connectivity index (χ0v) is 21.8. The third-order valence-corrected chi connectivity index (χ3v) is 7.98. The topological polar surface area (TPSA) is 164 Å². The number of hydrogen-bond donors (Lipinski definition) is 2. The molecule has 0 spiro atoms. The molecule has 4 fully saturated rings. The first-order valence-corrected chi connectivity index (χ1v) is 11.8. The van der Waals surface area contributed by atoms with Gasteiger partial charge in [-0.2, -0.15) is 0 Å². The molecule has 0 aromatic carbocycles. The van der Waals surface area contributed by atoms with Crippen LogP contribution in [0.15, 0.2) is 0 Å². The molecule has 36 heavy (non-hydrogen) atoms. The van der Waals surface area contributed by atoms with Crippen molar-refractivity contribution in [1.29, 1.82) is 0 Å². The van der Waals surface area contributed by atoms with Gasteiger partial charge in [0.1, 0.15) is 11.2 Å². The smallest absolute Gasteiger partial charge is 0.231 e. The number of rotatable bonds is 7. The highest BCUT2D eigenvalue weighted by Gasteiger charge is 2.75. The van der Waals surface area contributed by atoms with Crippen LogP contribution < -0.4 is 0 Å². The van der Waals surface area contributed by atoms with E-state index in [1.54, 1.807) is 0 Å². The standard InChI is InChI=1S/C24H34O12/c1-13(25)17(3)11-23(29)21(7,31-17)34-20(6,36-23)16(28)10-9-15(27)18(4)12-24(30)22(8,32-18)33-19(5,35-24)14(2)26/h29-30H,9-12H2,1-8H3/t17-,18+,19+,20-,21?,22-,23-,24?/m1/s1. The SMILES string of the molecule is CC(=O)[C@]1(C)OC2(O)C[C@@](C)(C(=O)CCC(=O)[C@]3(C)OC4(C)O[C@@](C)(C(C)=O)C[C@@]4(O)O3)O[C@]2(C)O1. The summed E-state index contributed by atoms with van der Waals surface area (Å²) in [5, 5.41) is 22.1. The fourth-order valence-corrected chi connectivity index (χ4v) is 5.54. The van der Waals surface area contributed by atoms with Gasteiger partial charge in [0.25, 0.3) is 0 Å². The molecule has 4 aliphatic heterocycles. The van der Waals surface area contributed by atoms with E-state index in [-0.39, 0.29) is 31.5 Å². The minimum atomic E-state index is -2.07. The van der Waals surface area contributed by atoms with Gasteiger partial charge >= 0.3 is 0 Å². The lowest BCUT2D eigenvalue weighted by Gasteiger charge is -2.31. The van der Waals surface area contributed by atoms with E-state index < -0.39 is 63.3 Å². The molecule has 4 aliphatic rings. The second kappa shape index (κ2) is 7.48. The van der Waals surface area contributed by atoms with Crippen molar-refractivity contribution in [3.05, 3.63) is 0 Å². The summed E-state index contributed by atoms with van der Waals surface area (Å²) < 4.78 is 34.1. The van der Waals surface area contributed by atoms with Gasteiger partial charge in [0.05, 0.1) is 0 Å². The van der Waals surface area contributed by atoms with Crippen LogP contribution in [0.25, 0.3) is 0 Å². The molecular weight excluding hydrogens is 480 g/mol. The molecule has 0 aromatic heterocycles. The Morgan fingerprint density at radius 3 is 1.47 bits per heavy atom. The van der Waals surface area contributed by atoms with Crippen molar-refractivity contribution in [2.24, 2.45) is 0 Å². The van der Waals surface area contributed by atoms with Crippen LogP contribution in [-0.2, 0) is 47.6 Å². The van der Waals surface area contributed by atoms with Crippen LogP contribution in [0.2, 0.25) is 0 Å². The van der Waals surface area contributed by atoms with Crippen LogP contribution in [0, 0.1) is 0 Å². The van der Waals surface area contributed by atoms with Gasteiger partial charge in [-0.1, -0.05) is 0 Å². The molecule has 4 rings (SSSR count). The highest BCUT2D eigenvalue weighted by atomic mass is 16.9. The molecule has 8 atom stereocenters. The molecule has 0 amide bonds. The third kappa shape index (κ3) is 3.65. The number of carbonyl (C=O) groups excluding carboxylic acids is 4. The summed E-state index contributed by atoms with van der Waals surface area (Å²) in [5.41, 5.74) is -2.93. The van der Waals surface area contributed by atoms with Crippen LogP contribution >= 0.6 is 0 Å². The van der Waals surface area contributed by atoms with Crippen molar-refractivity contribution < 1.29 is 57.8 Å². The Kier molecular flexibility index (Phi) is 5.69. The average Bonchev–Trinajstić information content (AvgIpc) is 3.18. The van der Waals surface area contributed by atoms with E-state index in [4.69, 9.17) is 28.4 Å². The molecule has 12 nitrogen and oxygen atoms in total. The number of hydrogen-bond acceptors (Lipinski definition) is 12. The van der Waals surface area contributed by atoms with Gasteiger partial charge in [-0.3, -0.25) is 19.2 Å². The molecule has 0 aliphatic carbocycles. The summed E-state index contributed by atoms with van der Waals surface area (Å²) in [4.78, 5) is 50.1. The quantitative estimate of drug-likeness (QED) is 0.491. The Morgan fingerprint density at radius 2 is 1.00 bits per heavy atom. The maximum absolute atomic E-state index is 13.1. The van der Waals surface area contributed by atoms with Gasteiger partial charge in [-0.05, 0) is 48.5 Å². The lowest BCUT2D eigenvalue weighted by Crippen LogP contribution is -2.46. The number of ether oxygens (including phenoxy) is 6. The number of ketones is 4. The molecule has 12 heteroatoms. The zero-order chi connectivity index (χ0) is 27.4. The lowest BCUT2D eigenvalue weighted by atomic mass is 9.89. The summed E-state index contributed by atoms with van der Waals surface area (Å²) in [6.07, 6.45) is -1.22. The summed E-state index contributed by atoms with van der Waals surface area (Å²) in [7, 11) is 0. The molecule has 202 valence electrons. The molecule has 0 radical (unpaired) electrons. The van der Waals surface area contributed by atoms with Crippen molar-refractivity contribution in [2.45, 2.75) is 127 Å². The predicted octanol–water partition coefficient (Wildman–Crippen LogP) is 0.776. The average molecular weight is 515 g/mol. The highest BCUT2D eigenvalue weighted by Crippen LogP contribution is 2.57. The summed E-state index contributed by atoms with van der Waals surface area (Å²) in [5.74, 6) is -13.3. The van der Waals surface area contributed by atoms with Crippen LogP contribution in [0.5, 0.6) is 0 Å². The van der Waals surface area contributed by atoms with Gasteiger partial charge in [0.2, 0.25) is 34.7 Å². The van der Waals surface area contributed by atoms with Gasteiger partial charge in [-0.25, -0.2) is 0 Å². The second-order valence-corrected chi connectivity index (χ2v) is 11.2. The van der Waals surface area contributed by atoms with Crippen molar-refractivity contribution in [3.63, 3.8) is 0 Å². The zero-order valence-electron chi connectivity index (χ0n) is 21.8. The summed E-state index contributed by atoms with van der Waals surface area (Å²) in [6.45, 7) is 10.9. The van der Waals surface area contributed by atoms with E-state index in [0.29, 0.717) is 0 Å². The molecule has 0 saturated carbocycles. The van der Waals surface area contributed by atoms with E-state index in [1.807, 2.05) is 0 Å². The van der Waals surface area contributed by atoms with E-state index in [2.05, 4.69) is 0 Å². The minimum absolute atomic E-state index is 0.240. The van der Waals surface area contributed by atoms with Crippen molar-refractivity contribution in [3.8, 4) is 0 Å².